The van der Waals surface area contributed by atoms with Crippen molar-refractivity contribution < 1.29 is 18.7 Å². The molecule has 2 heterocycles. The molecule has 2 aromatic rings. The second-order valence-electron chi connectivity index (χ2n) is 9.42. The van der Waals surface area contributed by atoms with Crippen LogP contribution in [0, 0.1) is 26.6 Å². The molecular weight excluding hydrogens is 473 g/mol. The van der Waals surface area contributed by atoms with Crippen molar-refractivity contribution in [2.45, 2.75) is 72.1 Å². The number of halogens is 2. The summed E-state index contributed by atoms with van der Waals surface area (Å²) in [6, 6.07) is 2.31. The number of aromatic amines is 1. The Morgan fingerprint density at radius 3 is 2.66 bits per heavy atom. The van der Waals surface area contributed by atoms with Crippen LogP contribution < -0.4 is 20.3 Å². The second kappa shape index (κ2) is 11.4. The van der Waals surface area contributed by atoms with Crippen molar-refractivity contribution >= 4 is 17.5 Å². The number of aryl methyl sites for hydroxylation is 2. The molecule has 1 aliphatic heterocycles. The number of nitrogens with zero attached hydrogens (tertiary/aromatic N) is 1. The molecule has 35 heavy (non-hydrogen) atoms. The van der Waals surface area contributed by atoms with Gasteiger partial charge in [0.25, 0.3) is 11.5 Å². The summed E-state index contributed by atoms with van der Waals surface area (Å²) in [5, 5.41) is 2.37. The number of hydrogen-bond acceptors (Lipinski definition) is 5. The predicted octanol–water partition coefficient (Wildman–Crippen LogP) is 4.67. The first-order chi connectivity index (χ1) is 16.5. The highest BCUT2D eigenvalue weighted by Gasteiger charge is 2.32. The van der Waals surface area contributed by atoms with Crippen LogP contribution >= 0.6 is 11.6 Å². The van der Waals surface area contributed by atoms with Gasteiger partial charge in [-0.25, -0.2) is 4.39 Å². The van der Waals surface area contributed by atoms with Crippen molar-refractivity contribution in [3.05, 3.63) is 55.2 Å². The number of carbonyl (C=O) groups is 1. The molecule has 2 atom stereocenters. The maximum Gasteiger partial charge on any atom is 0.254 e. The average molecular weight is 508 g/mol. The molecule has 192 valence electrons. The number of amides is 1. The molecule has 0 radical (unpaired) electrons. The number of benzene rings is 1. The number of ether oxygens (including phenoxy) is 2. The zero-order valence-electron chi connectivity index (χ0n) is 21.3. The lowest BCUT2D eigenvalue weighted by Crippen LogP contribution is -2.33. The number of carbonyl (C=O) groups excluding carboxylic acids is 1. The van der Waals surface area contributed by atoms with Gasteiger partial charge in [0, 0.05) is 29.4 Å². The monoisotopic (exact) mass is 507 g/mol. The topological polar surface area (TPSA) is 83.7 Å². The fourth-order valence-electron chi connectivity index (χ4n) is 4.58. The van der Waals surface area contributed by atoms with E-state index in [0.29, 0.717) is 22.9 Å². The summed E-state index contributed by atoms with van der Waals surface area (Å²) in [4.78, 5) is 30.2. The summed E-state index contributed by atoms with van der Waals surface area (Å²) in [5.41, 5.74) is 1.70. The number of pyridine rings is 1. The SMILES string of the molecule is CCC(CCCC1COc2c(Cl)c(F)c(C(=O)NCc3c(C)cc(C)[nH]c3=O)c(C)c2O1)N(C)C. The number of hydrogen-bond donors (Lipinski definition) is 2. The number of aromatic nitrogens is 1. The van der Waals surface area contributed by atoms with E-state index in [1.54, 1.807) is 20.8 Å². The van der Waals surface area contributed by atoms with Gasteiger partial charge in [-0.05, 0) is 72.2 Å². The summed E-state index contributed by atoms with van der Waals surface area (Å²) in [6.45, 7) is 7.58. The molecule has 0 saturated carbocycles. The molecule has 1 amide bonds. The lowest BCUT2D eigenvalue weighted by Gasteiger charge is -2.30. The van der Waals surface area contributed by atoms with Crippen molar-refractivity contribution in [2.24, 2.45) is 0 Å². The Morgan fingerprint density at radius 1 is 1.31 bits per heavy atom. The number of H-pyrrole nitrogens is 1. The van der Waals surface area contributed by atoms with Crippen LogP contribution in [0.25, 0.3) is 0 Å². The highest BCUT2D eigenvalue weighted by Crippen LogP contribution is 2.45. The van der Waals surface area contributed by atoms with E-state index in [9.17, 15) is 9.59 Å². The smallest absolute Gasteiger partial charge is 0.254 e. The minimum atomic E-state index is -0.867. The van der Waals surface area contributed by atoms with Crippen molar-refractivity contribution in [1.29, 1.82) is 0 Å². The maximum atomic E-state index is 15.1. The normalized spacial score (nSPS) is 15.9. The molecule has 1 aliphatic rings. The van der Waals surface area contributed by atoms with Crippen LogP contribution in [0.4, 0.5) is 4.39 Å². The molecule has 0 spiro atoms. The van der Waals surface area contributed by atoms with Gasteiger partial charge in [-0.15, -0.1) is 0 Å². The van der Waals surface area contributed by atoms with Gasteiger partial charge in [0.15, 0.2) is 17.3 Å². The van der Waals surface area contributed by atoms with E-state index in [1.807, 2.05) is 6.07 Å². The summed E-state index contributed by atoms with van der Waals surface area (Å²) in [7, 11) is 4.15. The standard InChI is InChI=1S/C26H35ClFN3O4/c1-7-17(31(5)6)9-8-10-18-13-34-24-21(27)22(28)20(16(4)23(24)35-18)26(33)29-12-19-14(2)11-15(3)30-25(19)32/h11,17-18H,7-10,12-13H2,1-6H3,(H,29,33)(H,30,32). The average Bonchev–Trinajstić information content (AvgIpc) is 2.79. The minimum Gasteiger partial charge on any atom is -0.484 e. The van der Waals surface area contributed by atoms with Crippen LogP contribution in [0.3, 0.4) is 0 Å². The predicted molar refractivity (Wildman–Crippen MR) is 135 cm³/mol. The lowest BCUT2D eigenvalue weighted by molar-refractivity contribution is 0.0789. The van der Waals surface area contributed by atoms with E-state index in [-0.39, 0.29) is 41.2 Å². The second-order valence-corrected chi connectivity index (χ2v) is 9.80. The third kappa shape index (κ3) is 5.98. The van der Waals surface area contributed by atoms with Gasteiger partial charge in [0.2, 0.25) is 0 Å². The van der Waals surface area contributed by atoms with Crippen LogP contribution in [0.5, 0.6) is 11.5 Å². The molecule has 9 heteroatoms. The highest BCUT2D eigenvalue weighted by atomic mass is 35.5. The third-order valence-corrected chi connectivity index (χ3v) is 6.98. The van der Waals surface area contributed by atoms with Crippen molar-refractivity contribution in [3.8, 4) is 11.5 Å². The van der Waals surface area contributed by atoms with Crippen LogP contribution in [0.2, 0.25) is 5.02 Å². The van der Waals surface area contributed by atoms with Crippen LogP contribution in [0.1, 0.15) is 65.3 Å². The van der Waals surface area contributed by atoms with Gasteiger partial charge in [-0.2, -0.15) is 0 Å². The van der Waals surface area contributed by atoms with Crippen molar-refractivity contribution in [2.75, 3.05) is 20.7 Å². The molecular formula is C26H35ClFN3O4. The Balaban J connectivity index is 1.77. The Bertz CT molecular complexity index is 1150. The van der Waals surface area contributed by atoms with Crippen molar-refractivity contribution in [3.63, 3.8) is 0 Å². The number of rotatable bonds is 9. The zero-order valence-corrected chi connectivity index (χ0v) is 22.1. The number of fused-ring (bicyclic) bond motifs is 1. The summed E-state index contributed by atoms with van der Waals surface area (Å²) in [6.07, 6.45) is 3.61. The first kappa shape index (κ1) is 27.0. The highest BCUT2D eigenvalue weighted by molar-refractivity contribution is 6.33. The Morgan fingerprint density at radius 2 is 2.03 bits per heavy atom. The Hall–Kier alpha value is -2.58. The van der Waals surface area contributed by atoms with E-state index < -0.39 is 11.7 Å². The van der Waals surface area contributed by atoms with E-state index in [2.05, 4.69) is 36.2 Å². The quantitative estimate of drug-likeness (QED) is 0.515. The first-order valence-corrected chi connectivity index (χ1v) is 12.4. The summed E-state index contributed by atoms with van der Waals surface area (Å²) in [5.74, 6) is -1.12. The van der Waals surface area contributed by atoms with E-state index in [0.717, 1.165) is 36.9 Å². The molecule has 3 rings (SSSR count). The van der Waals surface area contributed by atoms with E-state index in [4.69, 9.17) is 21.1 Å². The zero-order chi connectivity index (χ0) is 25.9. The summed E-state index contributed by atoms with van der Waals surface area (Å²) >= 11 is 6.24. The molecule has 0 saturated heterocycles. The van der Waals surface area contributed by atoms with Gasteiger partial charge in [-0.3, -0.25) is 9.59 Å². The minimum absolute atomic E-state index is 0.0433. The van der Waals surface area contributed by atoms with Crippen molar-refractivity contribution in [1.82, 2.24) is 15.2 Å². The Labute approximate surface area is 211 Å². The summed E-state index contributed by atoms with van der Waals surface area (Å²) < 4.78 is 27.1. The molecule has 0 fully saturated rings. The van der Waals surface area contributed by atoms with Gasteiger partial charge in [0.1, 0.15) is 17.7 Å². The molecule has 2 N–H and O–H groups in total. The fourth-order valence-corrected chi connectivity index (χ4v) is 4.82. The molecule has 1 aromatic carbocycles. The van der Waals surface area contributed by atoms with Gasteiger partial charge in [0.05, 0.1) is 5.56 Å². The van der Waals surface area contributed by atoms with Gasteiger partial charge in [-0.1, -0.05) is 18.5 Å². The molecule has 2 unspecified atom stereocenters. The Kier molecular flexibility index (Phi) is 8.83. The molecule has 1 aromatic heterocycles. The van der Waals surface area contributed by atoms with Crippen LogP contribution in [0.15, 0.2) is 10.9 Å². The van der Waals surface area contributed by atoms with Gasteiger partial charge < -0.3 is 24.7 Å². The van der Waals surface area contributed by atoms with E-state index in [1.165, 1.54) is 0 Å². The first-order valence-electron chi connectivity index (χ1n) is 12.0. The maximum absolute atomic E-state index is 15.1. The lowest BCUT2D eigenvalue weighted by atomic mass is 10.0. The van der Waals surface area contributed by atoms with E-state index >= 15 is 4.39 Å². The molecule has 0 aliphatic carbocycles. The largest absolute Gasteiger partial charge is 0.484 e. The fraction of sp³-hybridized carbons (Fsp3) is 0.538. The third-order valence-electron chi connectivity index (χ3n) is 6.64. The number of nitrogens with one attached hydrogen (secondary N) is 2. The van der Waals surface area contributed by atoms with Crippen LogP contribution in [-0.2, 0) is 6.54 Å². The molecule has 0 bridgehead atoms. The molecule has 7 nitrogen and oxygen atoms in total. The van der Waals surface area contributed by atoms with Gasteiger partial charge >= 0.3 is 0 Å². The van der Waals surface area contributed by atoms with Crippen LogP contribution in [-0.4, -0.2) is 48.6 Å².